The van der Waals surface area contributed by atoms with Crippen LogP contribution in [0.5, 0.6) is 0 Å². The number of piperazine rings is 1. The van der Waals surface area contributed by atoms with Gasteiger partial charge in [0.25, 0.3) is 11.8 Å². The van der Waals surface area contributed by atoms with E-state index < -0.39 is 5.91 Å². The fourth-order valence-corrected chi connectivity index (χ4v) is 4.84. The largest absolute Gasteiger partial charge is 0.364 e. The van der Waals surface area contributed by atoms with E-state index in [4.69, 9.17) is 5.73 Å². The second-order valence-corrected chi connectivity index (χ2v) is 9.00. The van der Waals surface area contributed by atoms with Crippen molar-refractivity contribution in [1.82, 2.24) is 14.8 Å². The standard InChI is InChI=1S/C29H28N4O3/c30-28(35)27-24(23-8-4-5-9-25(23)31-27)14-15-26(34)32-16-18-33(19-17-32)29(36)22-12-10-21(11-13-22)20-6-2-1-3-7-20/h1-13,31H,14-19H2,(H2,30,35). The smallest absolute Gasteiger partial charge is 0.265 e. The molecule has 1 aliphatic rings. The number of fused-ring (bicyclic) bond motifs is 1. The Morgan fingerprint density at radius 1 is 0.750 bits per heavy atom. The Labute approximate surface area is 209 Å². The number of aryl methyl sites for hydroxylation is 1. The van der Waals surface area contributed by atoms with Crippen LogP contribution in [0.3, 0.4) is 0 Å². The Morgan fingerprint density at radius 3 is 2.06 bits per heavy atom. The summed E-state index contributed by atoms with van der Waals surface area (Å²) in [6, 6.07) is 25.3. The number of nitrogens with one attached hydrogen (secondary N) is 1. The van der Waals surface area contributed by atoms with Crippen molar-refractivity contribution in [3.05, 3.63) is 95.7 Å². The summed E-state index contributed by atoms with van der Waals surface area (Å²) in [6.07, 6.45) is 0.699. The van der Waals surface area contributed by atoms with Crippen LogP contribution in [0.1, 0.15) is 32.8 Å². The minimum Gasteiger partial charge on any atom is -0.364 e. The van der Waals surface area contributed by atoms with E-state index in [9.17, 15) is 14.4 Å². The number of carbonyl (C=O) groups is 3. The van der Waals surface area contributed by atoms with Crippen molar-refractivity contribution in [3.63, 3.8) is 0 Å². The van der Waals surface area contributed by atoms with Crippen molar-refractivity contribution in [2.45, 2.75) is 12.8 Å². The number of primary amides is 1. The number of aromatic amines is 1. The molecule has 1 saturated heterocycles. The minimum absolute atomic E-state index is 0.00927. The summed E-state index contributed by atoms with van der Waals surface area (Å²) in [6.45, 7) is 1.96. The molecule has 3 aromatic carbocycles. The molecule has 4 aromatic rings. The highest BCUT2D eigenvalue weighted by Gasteiger charge is 2.25. The number of nitrogens with two attached hydrogens (primary N) is 1. The maximum absolute atomic E-state index is 13.0. The Hall–Kier alpha value is -4.39. The maximum Gasteiger partial charge on any atom is 0.265 e. The molecular weight excluding hydrogens is 452 g/mol. The summed E-state index contributed by atoms with van der Waals surface area (Å²) in [7, 11) is 0. The number of nitrogens with zero attached hydrogens (tertiary/aromatic N) is 2. The van der Waals surface area contributed by atoms with Gasteiger partial charge in [0.2, 0.25) is 5.91 Å². The van der Waals surface area contributed by atoms with Crippen LogP contribution in [0.15, 0.2) is 78.9 Å². The third-order valence-corrected chi connectivity index (χ3v) is 6.81. The molecule has 5 rings (SSSR count). The normalized spacial score (nSPS) is 13.7. The van der Waals surface area contributed by atoms with E-state index in [0.717, 1.165) is 27.6 Å². The molecule has 36 heavy (non-hydrogen) atoms. The summed E-state index contributed by atoms with van der Waals surface area (Å²) in [5.41, 5.74) is 10.3. The molecule has 3 N–H and O–H groups in total. The van der Waals surface area contributed by atoms with Crippen LogP contribution in [0.2, 0.25) is 0 Å². The highest BCUT2D eigenvalue weighted by Crippen LogP contribution is 2.24. The Morgan fingerprint density at radius 2 is 1.36 bits per heavy atom. The monoisotopic (exact) mass is 480 g/mol. The van der Waals surface area contributed by atoms with E-state index in [1.807, 2.05) is 78.9 Å². The van der Waals surface area contributed by atoms with Gasteiger partial charge in [-0.2, -0.15) is 0 Å². The van der Waals surface area contributed by atoms with Crippen molar-refractivity contribution < 1.29 is 14.4 Å². The summed E-state index contributed by atoms with van der Waals surface area (Å²) < 4.78 is 0. The first kappa shape index (κ1) is 23.4. The summed E-state index contributed by atoms with van der Waals surface area (Å²) in [4.78, 5) is 44.5. The number of H-pyrrole nitrogens is 1. The van der Waals surface area contributed by atoms with Gasteiger partial charge in [0.05, 0.1) is 0 Å². The van der Waals surface area contributed by atoms with Gasteiger partial charge in [-0.05, 0) is 41.3 Å². The van der Waals surface area contributed by atoms with Crippen LogP contribution in [0.25, 0.3) is 22.0 Å². The lowest BCUT2D eigenvalue weighted by Gasteiger charge is -2.35. The number of rotatable bonds is 6. The van der Waals surface area contributed by atoms with Gasteiger partial charge < -0.3 is 20.5 Å². The zero-order valence-electron chi connectivity index (χ0n) is 19.9. The molecule has 1 fully saturated rings. The lowest BCUT2D eigenvalue weighted by molar-refractivity contribution is -0.132. The molecule has 0 aliphatic carbocycles. The lowest BCUT2D eigenvalue weighted by atomic mass is 10.0. The summed E-state index contributed by atoms with van der Waals surface area (Å²) >= 11 is 0. The van der Waals surface area contributed by atoms with Crippen LogP contribution in [-0.4, -0.2) is 58.7 Å². The second-order valence-electron chi connectivity index (χ2n) is 9.00. The molecule has 0 saturated carbocycles. The zero-order chi connectivity index (χ0) is 25.1. The number of hydrogen-bond donors (Lipinski definition) is 2. The van der Waals surface area contributed by atoms with E-state index in [1.165, 1.54) is 0 Å². The maximum atomic E-state index is 13.0. The molecule has 0 unspecified atom stereocenters. The van der Waals surface area contributed by atoms with Crippen LogP contribution in [-0.2, 0) is 11.2 Å². The molecule has 1 aromatic heterocycles. The molecule has 7 nitrogen and oxygen atoms in total. The van der Waals surface area contributed by atoms with E-state index in [2.05, 4.69) is 4.98 Å². The van der Waals surface area contributed by atoms with Crippen molar-refractivity contribution in [3.8, 4) is 11.1 Å². The van der Waals surface area contributed by atoms with Crippen LogP contribution in [0, 0.1) is 0 Å². The van der Waals surface area contributed by atoms with E-state index in [1.54, 1.807) is 9.80 Å². The summed E-state index contributed by atoms with van der Waals surface area (Å²) in [5, 5.41) is 0.910. The van der Waals surface area contributed by atoms with Crippen molar-refractivity contribution >= 4 is 28.6 Å². The first-order valence-electron chi connectivity index (χ1n) is 12.1. The predicted octanol–water partition coefficient (Wildman–Crippen LogP) is 3.85. The molecule has 0 bridgehead atoms. The molecule has 3 amide bonds. The van der Waals surface area contributed by atoms with E-state index >= 15 is 0 Å². The molecule has 7 heteroatoms. The molecule has 182 valence electrons. The van der Waals surface area contributed by atoms with Crippen molar-refractivity contribution in [1.29, 1.82) is 0 Å². The number of para-hydroxylation sites is 1. The zero-order valence-corrected chi connectivity index (χ0v) is 19.9. The van der Waals surface area contributed by atoms with Crippen LogP contribution in [0.4, 0.5) is 0 Å². The van der Waals surface area contributed by atoms with Gasteiger partial charge >= 0.3 is 0 Å². The third-order valence-electron chi connectivity index (χ3n) is 6.81. The molecule has 0 atom stereocenters. The fourth-order valence-electron chi connectivity index (χ4n) is 4.84. The number of hydrogen-bond acceptors (Lipinski definition) is 3. The Kier molecular flexibility index (Phi) is 6.54. The highest BCUT2D eigenvalue weighted by molar-refractivity contribution is 6.00. The fraction of sp³-hybridized carbons (Fsp3) is 0.207. The number of carbonyl (C=O) groups excluding carboxylic acids is 3. The number of aromatic nitrogens is 1. The van der Waals surface area contributed by atoms with Crippen molar-refractivity contribution in [2.24, 2.45) is 5.73 Å². The average Bonchev–Trinajstić information content (AvgIpc) is 3.31. The molecular formula is C29H28N4O3. The SMILES string of the molecule is NC(=O)c1[nH]c2ccccc2c1CCC(=O)N1CCN(C(=O)c2ccc(-c3ccccc3)cc2)CC1. The van der Waals surface area contributed by atoms with Crippen LogP contribution < -0.4 is 5.73 Å². The van der Waals surface area contributed by atoms with Gasteiger partial charge in [0.15, 0.2) is 0 Å². The van der Waals surface area contributed by atoms with Gasteiger partial charge in [-0.25, -0.2) is 0 Å². The Bertz CT molecular complexity index is 1400. The van der Waals surface area contributed by atoms with E-state index in [0.29, 0.717) is 43.9 Å². The van der Waals surface area contributed by atoms with Gasteiger partial charge in [-0.1, -0.05) is 60.7 Å². The molecule has 1 aliphatic heterocycles. The first-order chi connectivity index (χ1) is 17.5. The topological polar surface area (TPSA) is 99.5 Å². The average molecular weight is 481 g/mol. The predicted molar refractivity (Wildman–Crippen MR) is 139 cm³/mol. The van der Waals surface area contributed by atoms with Crippen molar-refractivity contribution in [2.75, 3.05) is 26.2 Å². The molecule has 2 heterocycles. The molecule has 0 spiro atoms. The first-order valence-corrected chi connectivity index (χ1v) is 12.1. The third kappa shape index (κ3) is 4.73. The lowest BCUT2D eigenvalue weighted by Crippen LogP contribution is -2.50. The summed E-state index contributed by atoms with van der Waals surface area (Å²) in [5.74, 6) is -0.542. The Balaban J connectivity index is 1.17. The van der Waals surface area contributed by atoms with Gasteiger partial charge in [0, 0.05) is 49.1 Å². The minimum atomic E-state index is -0.530. The highest BCUT2D eigenvalue weighted by atomic mass is 16.2. The molecule has 0 radical (unpaired) electrons. The van der Waals surface area contributed by atoms with Gasteiger partial charge in [-0.3, -0.25) is 14.4 Å². The second kappa shape index (κ2) is 10.1. The quantitative estimate of drug-likeness (QED) is 0.438. The van der Waals surface area contributed by atoms with E-state index in [-0.39, 0.29) is 18.2 Å². The van der Waals surface area contributed by atoms with Crippen LogP contribution >= 0.6 is 0 Å². The van der Waals surface area contributed by atoms with Gasteiger partial charge in [-0.15, -0.1) is 0 Å². The van der Waals surface area contributed by atoms with Gasteiger partial charge in [0.1, 0.15) is 5.69 Å². The number of benzene rings is 3. The number of amides is 3.